The zero-order valence-corrected chi connectivity index (χ0v) is 18.0. The Balaban J connectivity index is -0.000000134. The van der Waals surface area contributed by atoms with Gasteiger partial charge < -0.3 is 14.8 Å². The number of benzene rings is 1. The van der Waals surface area contributed by atoms with Crippen molar-refractivity contribution in [2.75, 3.05) is 19.5 Å². The Morgan fingerprint density at radius 2 is 1.52 bits per heavy atom. The van der Waals surface area contributed by atoms with E-state index in [1.807, 2.05) is 0 Å². The van der Waals surface area contributed by atoms with Gasteiger partial charge in [-0.2, -0.15) is 8.42 Å². The predicted octanol–water partition coefficient (Wildman–Crippen LogP) is 4.56. The lowest BCUT2D eigenvalue weighted by atomic mass is 9.97. The molecule has 11 heteroatoms. The summed E-state index contributed by atoms with van der Waals surface area (Å²) in [5, 5.41) is 2.35. The van der Waals surface area contributed by atoms with Crippen LogP contribution in [0.15, 0.2) is 29.2 Å². The number of Topliss-reactive ketones (excluding diaryl/α,β-unsaturated/α-hetero) is 2. The summed E-state index contributed by atoms with van der Waals surface area (Å²) in [4.78, 5) is 33.3. The third-order valence-corrected chi connectivity index (χ3v) is 4.97. The van der Waals surface area contributed by atoms with Gasteiger partial charge in [0, 0.05) is 14.2 Å². The van der Waals surface area contributed by atoms with Crippen LogP contribution in [0.4, 0.5) is 10.4 Å². The highest BCUT2D eigenvalue weighted by molar-refractivity contribution is 7.86. The largest absolute Gasteiger partial charge is 0.374 e. The number of halogens is 1. The fourth-order valence-corrected chi connectivity index (χ4v) is 2.45. The molecule has 9 nitrogen and oxygen atoms in total. The van der Waals surface area contributed by atoms with E-state index in [-0.39, 0.29) is 64.2 Å². The summed E-state index contributed by atoms with van der Waals surface area (Å²) >= 11 is 0. The number of rotatable bonds is 8. The molecule has 1 aromatic rings. The van der Waals surface area contributed by atoms with Gasteiger partial charge in [-0.25, -0.2) is 0 Å². The van der Waals surface area contributed by atoms with Gasteiger partial charge in [-0.15, -0.1) is 0 Å². The lowest BCUT2D eigenvalue weighted by molar-refractivity contribution is -0.141. The Morgan fingerprint density at radius 1 is 1.06 bits per heavy atom. The summed E-state index contributed by atoms with van der Waals surface area (Å²) in [6, 6.07) is 5.41. The Labute approximate surface area is 199 Å². The summed E-state index contributed by atoms with van der Waals surface area (Å²) in [6.07, 6.45) is -0.515. The van der Waals surface area contributed by atoms with E-state index in [0.29, 0.717) is 0 Å². The van der Waals surface area contributed by atoms with Gasteiger partial charge in [0.05, 0.1) is 12.1 Å². The number of para-hydroxylation sites is 1. The number of hydrogen-bond donors (Lipinski definition) is 2. The van der Waals surface area contributed by atoms with Gasteiger partial charge in [0.25, 0.3) is 10.1 Å². The Kier molecular flexibility index (Phi) is 26.0. The Hall–Kier alpha value is -2.21. The van der Waals surface area contributed by atoms with Gasteiger partial charge >= 0.3 is 0 Å². The molecule has 0 aliphatic carbocycles. The minimum atomic E-state index is -4.46. The maximum Gasteiger partial charge on any atom is 0.296 e. The molecule has 0 radical (unpaired) electrons. The number of amides is 1. The highest BCUT2D eigenvalue weighted by Gasteiger charge is 2.32. The van der Waals surface area contributed by atoms with Gasteiger partial charge in [-0.3, -0.25) is 23.6 Å². The molecule has 0 saturated carbocycles. The maximum atomic E-state index is 12.0. The van der Waals surface area contributed by atoms with Crippen LogP contribution in [0.2, 0.25) is 0 Å². The van der Waals surface area contributed by atoms with Crippen LogP contribution in [-0.4, -0.2) is 56.4 Å². The fourth-order valence-electron chi connectivity index (χ4n) is 1.80. The monoisotopic (exact) mass is 501 g/mol. The van der Waals surface area contributed by atoms with E-state index in [9.17, 15) is 22.8 Å². The molecule has 0 aliphatic heterocycles. The van der Waals surface area contributed by atoms with E-state index in [0.717, 1.165) is 6.07 Å². The van der Waals surface area contributed by atoms with Crippen LogP contribution in [0.25, 0.3) is 0 Å². The first-order valence-corrected chi connectivity index (χ1v) is 9.68. The second kappa shape index (κ2) is 19.3. The third-order valence-electron chi connectivity index (χ3n) is 4.06. The molecule has 0 heterocycles. The molecule has 198 valence electrons. The van der Waals surface area contributed by atoms with Gasteiger partial charge in [0.2, 0.25) is 5.91 Å². The molecule has 1 rings (SSSR count). The van der Waals surface area contributed by atoms with Gasteiger partial charge in [0.15, 0.2) is 11.6 Å². The Bertz CT molecular complexity index is 814. The standard InChI is InChI=1S/C13H17NO6S.C5H10O2.4CH4.FH/c1-9(15)13(2,20-3)8-12(16)14-10-6-4-5-7-11(10)21(17,18)19;1-4(6)5(2)7-3;;;;;/h4-7H,8H2,1-3H3,(H,14,16)(H,17,18,19);5H,1-3H3;4*1H4;1H. The zero-order chi connectivity index (χ0) is 22.1. The quantitative estimate of drug-likeness (QED) is 0.495. The third kappa shape index (κ3) is 15.3. The van der Waals surface area contributed by atoms with Crippen LogP contribution in [-0.2, 0) is 34.0 Å². The minimum absolute atomic E-state index is 0. The SMILES string of the molecule is C.C.C.C.COC(C)(CC(=O)Nc1ccccc1S(=O)(=O)O)C(C)=O.COC(C)C(C)=O.F. The molecule has 1 amide bonds. The smallest absolute Gasteiger partial charge is 0.296 e. The number of carbonyl (C=O) groups is 3. The van der Waals surface area contributed by atoms with E-state index >= 15 is 0 Å². The lowest BCUT2D eigenvalue weighted by Gasteiger charge is -2.24. The average molecular weight is 502 g/mol. The van der Waals surface area contributed by atoms with Crippen molar-refractivity contribution in [2.45, 2.75) is 80.4 Å². The van der Waals surface area contributed by atoms with Crippen molar-refractivity contribution in [1.82, 2.24) is 0 Å². The highest BCUT2D eigenvalue weighted by atomic mass is 32.2. The van der Waals surface area contributed by atoms with Crippen molar-refractivity contribution < 1.29 is 41.5 Å². The fraction of sp³-hybridized carbons (Fsp3) is 0.591. The van der Waals surface area contributed by atoms with Crippen LogP contribution in [0, 0.1) is 0 Å². The summed E-state index contributed by atoms with van der Waals surface area (Å²) in [5.74, 6) is -0.864. The molecular weight excluding hydrogens is 457 g/mol. The normalized spacial score (nSPS) is 12.0. The molecule has 0 fully saturated rings. The number of ketones is 2. The van der Waals surface area contributed by atoms with Crippen LogP contribution in [0.1, 0.15) is 63.8 Å². The van der Waals surface area contributed by atoms with E-state index in [1.165, 1.54) is 53.2 Å². The number of carbonyl (C=O) groups excluding carboxylic acids is 3. The van der Waals surface area contributed by atoms with Crippen molar-refractivity contribution in [1.29, 1.82) is 0 Å². The molecule has 0 aromatic heterocycles. The molecule has 1 aromatic carbocycles. The first-order chi connectivity index (χ1) is 12.8. The Morgan fingerprint density at radius 3 is 1.82 bits per heavy atom. The molecule has 33 heavy (non-hydrogen) atoms. The van der Waals surface area contributed by atoms with Crippen molar-refractivity contribution >= 4 is 33.3 Å². The average Bonchev–Trinajstić information content (AvgIpc) is 2.60. The van der Waals surface area contributed by atoms with Crippen LogP contribution in [0.5, 0.6) is 0 Å². The van der Waals surface area contributed by atoms with Crippen molar-refractivity contribution in [3.63, 3.8) is 0 Å². The number of nitrogens with one attached hydrogen (secondary N) is 1. The number of hydrogen-bond acceptors (Lipinski definition) is 7. The molecule has 0 saturated heterocycles. The second-order valence-electron chi connectivity index (χ2n) is 6.18. The molecule has 0 aliphatic rings. The predicted molar refractivity (Wildman–Crippen MR) is 132 cm³/mol. The molecule has 2 N–H and O–H groups in total. The van der Waals surface area contributed by atoms with Gasteiger partial charge in [-0.1, -0.05) is 41.8 Å². The number of anilines is 1. The number of methoxy groups -OCH3 is 2. The van der Waals surface area contributed by atoms with Crippen molar-refractivity contribution in [3.8, 4) is 0 Å². The molecule has 2 atom stereocenters. The van der Waals surface area contributed by atoms with Crippen molar-refractivity contribution in [2.24, 2.45) is 0 Å². The first kappa shape index (κ1) is 44.5. The first-order valence-electron chi connectivity index (χ1n) is 8.24. The van der Waals surface area contributed by atoms with E-state index < -0.39 is 26.5 Å². The van der Waals surface area contributed by atoms with Gasteiger partial charge in [0.1, 0.15) is 16.6 Å². The van der Waals surface area contributed by atoms with Crippen LogP contribution < -0.4 is 5.32 Å². The topological polar surface area (TPSA) is 136 Å². The second-order valence-corrected chi connectivity index (χ2v) is 7.57. The molecule has 0 spiro atoms. The van der Waals surface area contributed by atoms with E-state index in [2.05, 4.69) is 10.1 Å². The minimum Gasteiger partial charge on any atom is -0.374 e. The number of ether oxygens (including phenoxy) is 2. The molecule has 2 unspecified atom stereocenters. The summed E-state index contributed by atoms with van der Waals surface area (Å²) in [6.45, 7) is 5.99. The van der Waals surface area contributed by atoms with Crippen LogP contribution >= 0.6 is 0 Å². The summed E-state index contributed by atoms with van der Waals surface area (Å²) < 4.78 is 41.2. The highest BCUT2D eigenvalue weighted by Crippen LogP contribution is 2.22. The van der Waals surface area contributed by atoms with E-state index in [4.69, 9.17) is 9.29 Å². The van der Waals surface area contributed by atoms with Crippen LogP contribution in [0.3, 0.4) is 0 Å². The van der Waals surface area contributed by atoms with Gasteiger partial charge in [-0.05, 0) is 39.8 Å². The lowest BCUT2D eigenvalue weighted by Crippen LogP contribution is -2.39. The maximum absolute atomic E-state index is 12.0. The van der Waals surface area contributed by atoms with E-state index in [1.54, 1.807) is 6.92 Å². The molecular formula is C22H44FNO8S. The van der Waals surface area contributed by atoms with Crippen molar-refractivity contribution in [3.05, 3.63) is 24.3 Å². The molecule has 0 bridgehead atoms. The summed E-state index contributed by atoms with van der Waals surface area (Å²) in [7, 11) is -1.63. The summed E-state index contributed by atoms with van der Waals surface area (Å²) in [5.41, 5.74) is -1.36. The zero-order valence-electron chi connectivity index (χ0n) is 17.2.